The summed E-state index contributed by atoms with van der Waals surface area (Å²) in [5.74, 6) is 0.820. The fraction of sp³-hybridized carbons (Fsp3) is 0.565. The van der Waals surface area contributed by atoms with Crippen LogP contribution in [0.1, 0.15) is 36.0 Å². The second-order valence-electron chi connectivity index (χ2n) is 8.91. The number of aromatic amines is 1. The third kappa shape index (κ3) is 5.39. The fourth-order valence-electron chi connectivity index (χ4n) is 4.97. The standard InChI is InChI=1S/C23H31ClN4O3.ClH/c1-27-8-4-15(5-9-27)16-6-10-28(11-7-16)23(31)21(14-29)26-22(30)17-2-3-18-19(24)13-25-20(18)12-17;/h2-3,12-13,15-16,21,25,29H,4-11,14H2,1H3,(H,26,30);1H/t21-;/m1./s1. The van der Waals surface area contributed by atoms with Gasteiger partial charge in [0.05, 0.1) is 11.6 Å². The predicted molar refractivity (Wildman–Crippen MR) is 128 cm³/mol. The first-order chi connectivity index (χ1) is 15.0. The summed E-state index contributed by atoms with van der Waals surface area (Å²) in [6.45, 7) is 3.27. The van der Waals surface area contributed by atoms with Gasteiger partial charge in [-0.25, -0.2) is 0 Å². The maximum Gasteiger partial charge on any atom is 0.252 e. The first-order valence-corrected chi connectivity index (χ1v) is 11.5. The quantitative estimate of drug-likeness (QED) is 0.611. The molecule has 7 nitrogen and oxygen atoms in total. The normalized spacial score (nSPS) is 19.5. The van der Waals surface area contributed by atoms with Crippen molar-refractivity contribution in [2.45, 2.75) is 31.7 Å². The number of aliphatic hydroxyl groups excluding tert-OH is 1. The van der Waals surface area contributed by atoms with Crippen LogP contribution >= 0.6 is 24.0 Å². The maximum absolute atomic E-state index is 13.0. The summed E-state index contributed by atoms with van der Waals surface area (Å²) in [5.41, 5.74) is 1.17. The molecule has 0 saturated carbocycles. The lowest BCUT2D eigenvalue weighted by Crippen LogP contribution is -2.52. The van der Waals surface area contributed by atoms with Crippen LogP contribution in [0.25, 0.3) is 10.9 Å². The molecule has 0 radical (unpaired) electrons. The van der Waals surface area contributed by atoms with Crippen LogP contribution in [0, 0.1) is 11.8 Å². The SMILES string of the molecule is CN1CCC(C2CCN(C(=O)[C@@H](CO)NC(=O)c3ccc4c(Cl)c[nH]c4c3)CC2)CC1.Cl. The number of aromatic nitrogens is 1. The van der Waals surface area contributed by atoms with Gasteiger partial charge in [-0.15, -0.1) is 12.4 Å². The number of nitrogens with zero attached hydrogens (tertiary/aromatic N) is 2. The zero-order valence-electron chi connectivity index (χ0n) is 18.3. The topological polar surface area (TPSA) is 88.7 Å². The number of likely N-dealkylation sites (tertiary alicyclic amines) is 2. The van der Waals surface area contributed by atoms with Crippen molar-refractivity contribution in [1.29, 1.82) is 0 Å². The lowest BCUT2D eigenvalue weighted by atomic mass is 9.79. The number of hydrogen-bond donors (Lipinski definition) is 3. The minimum Gasteiger partial charge on any atom is -0.394 e. The van der Waals surface area contributed by atoms with Crippen LogP contribution in [0.3, 0.4) is 0 Å². The summed E-state index contributed by atoms with van der Waals surface area (Å²) < 4.78 is 0. The van der Waals surface area contributed by atoms with E-state index in [1.54, 1.807) is 29.3 Å². The number of amides is 2. The Balaban J connectivity index is 0.00000289. The summed E-state index contributed by atoms with van der Waals surface area (Å²) in [5, 5.41) is 13.9. The first kappa shape index (κ1) is 24.8. The van der Waals surface area contributed by atoms with E-state index in [-0.39, 0.29) is 24.2 Å². The van der Waals surface area contributed by atoms with E-state index < -0.39 is 12.6 Å². The van der Waals surface area contributed by atoms with Gasteiger partial charge < -0.3 is 25.2 Å². The van der Waals surface area contributed by atoms with Gasteiger partial charge in [-0.2, -0.15) is 0 Å². The summed E-state index contributed by atoms with van der Waals surface area (Å²) in [7, 11) is 2.17. The maximum atomic E-state index is 13.0. The van der Waals surface area contributed by atoms with Crippen LogP contribution in [0.2, 0.25) is 5.02 Å². The Morgan fingerprint density at radius 3 is 2.41 bits per heavy atom. The molecule has 3 heterocycles. The number of H-pyrrole nitrogens is 1. The van der Waals surface area contributed by atoms with Crippen molar-refractivity contribution >= 4 is 46.7 Å². The lowest BCUT2D eigenvalue weighted by molar-refractivity contribution is -0.136. The van der Waals surface area contributed by atoms with Crippen LogP contribution in [-0.4, -0.2) is 77.6 Å². The average molecular weight is 483 g/mol. The number of fused-ring (bicyclic) bond motifs is 1. The molecule has 2 aliphatic heterocycles. The number of benzene rings is 1. The molecule has 1 aromatic carbocycles. The summed E-state index contributed by atoms with van der Waals surface area (Å²) >= 11 is 6.09. The second-order valence-corrected chi connectivity index (χ2v) is 9.32. The van der Waals surface area contributed by atoms with Gasteiger partial charge in [0, 0.05) is 35.8 Å². The number of carbonyl (C=O) groups is 2. The molecule has 2 amide bonds. The molecule has 32 heavy (non-hydrogen) atoms. The molecule has 2 aliphatic rings. The molecular weight excluding hydrogens is 451 g/mol. The summed E-state index contributed by atoms with van der Waals surface area (Å²) in [6.07, 6.45) is 6.14. The highest BCUT2D eigenvalue weighted by Crippen LogP contribution is 2.32. The van der Waals surface area contributed by atoms with Crippen LogP contribution in [-0.2, 0) is 4.79 Å². The van der Waals surface area contributed by atoms with Crippen molar-refractivity contribution in [2.75, 3.05) is 39.8 Å². The molecule has 0 unspecified atom stereocenters. The van der Waals surface area contributed by atoms with Gasteiger partial charge in [0.1, 0.15) is 6.04 Å². The van der Waals surface area contributed by atoms with E-state index in [0.717, 1.165) is 42.8 Å². The largest absolute Gasteiger partial charge is 0.394 e. The van der Waals surface area contributed by atoms with Crippen LogP contribution in [0.4, 0.5) is 0 Å². The van der Waals surface area contributed by atoms with E-state index >= 15 is 0 Å². The van der Waals surface area contributed by atoms with Gasteiger partial charge in [0.2, 0.25) is 5.91 Å². The molecule has 0 aliphatic carbocycles. The van der Waals surface area contributed by atoms with E-state index in [1.165, 1.54) is 12.8 Å². The highest BCUT2D eigenvalue weighted by atomic mass is 35.5. The van der Waals surface area contributed by atoms with Gasteiger partial charge in [-0.3, -0.25) is 9.59 Å². The van der Waals surface area contributed by atoms with Gasteiger partial charge in [-0.1, -0.05) is 17.7 Å². The molecule has 2 saturated heterocycles. The highest BCUT2D eigenvalue weighted by Gasteiger charge is 2.33. The molecule has 1 atom stereocenters. The smallest absolute Gasteiger partial charge is 0.252 e. The lowest BCUT2D eigenvalue weighted by Gasteiger charge is -2.40. The van der Waals surface area contributed by atoms with Crippen molar-refractivity contribution in [3.05, 3.63) is 35.0 Å². The number of aliphatic hydroxyl groups is 1. The van der Waals surface area contributed by atoms with E-state index in [1.807, 2.05) is 0 Å². The monoisotopic (exact) mass is 482 g/mol. The molecular formula is C23H32Cl2N4O3. The van der Waals surface area contributed by atoms with Crippen molar-refractivity contribution in [2.24, 2.45) is 11.8 Å². The molecule has 4 rings (SSSR count). The van der Waals surface area contributed by atoms with Gasteiger partial charge in [0.25, 0.3) is 5.91 Å². The molecule has 9 heteroatoms. The Hall–Kier alpha value is -1.80. The third-order valence-electron chi connectivity index (χ3n) is 6.96. The van der Waals surface area contributed by atoms with Crippen molar-refractivity contribution in [3.63, 3.8) is 0 Å². The number of carbonyl (C=O) groups excluding carboxylic acids is 2. The molecule has 1 aromatic heterocycles. The number of halogens is 2. The molecule has 0 bridgehead atoms. The van der Waals surface area contributed by atoms with Crippen LogP contribution in [0.15, 0.2) is 24.4 Å². The van der Waals surface area contributed by atoms with Crippen molar-refractivity contribution < 1.29 is 14.7 Å². The van der Waals surface area contributed by atoms with Crippen molar-refractivity contribution in [1.82, 2.24) is 20.1 Å². The average Bonchev–Trinajstić information content (AvgIpc) is 3.17. The van der Waals surface area contributed by atoms with Crippen LogP contribution in [0.5, 0.6) is 0 Å². The van der Waals surface area contributed by atoms with E-state index in [9.17, 15) is 14.7 Å². The Morgan fingerprint density at radius 1 is 1.16 bits per heavy atom. The van der Waals surface area contributed by atoms with Gasteiger partial charge in [-0.05, 0) is 69.8 Å². The first-order valence-electron chi connectivity index (χ1n) is 11.1. The van der Waals surface area contributed by atoms with Gasteiger partial charge in [0.15, 0.2) is 0 Å². The minimum absolute atomic E-state index is 0. The molecule has 176 valence electrons. The fourth-order valence-corrected chi connectivity index (χ4v) is 5.19. The Labute approximate surface area is 199 Å². The van der Waals surface area contributed by atoms with Gasteiger partial charge >= 0.3 is 0 Å². The zero-order chi connectivity index (χ0) is 22.0. The van der Waals surface area contributed by atoms with E-state index in [2.05, 4.69) is 22.2 Å². The predicted octanol–water partition coefficient (Wildman–Crippen LogP) is 2.91. The zero-order valence-corrected chi connectivity index (χ0v) is 19.9. The van der Waals surface area contributed by atoms with Crippen molar-refractivity contribution in [3.8, 4) is 0 Å². The Kier molecular flexibility index (Phi) is 8.44. The number of nitrogens with one attached hydrogen (secondary N) is 2. The minimum atomic E-state index is -0.935. The van der Waals surface area contributed by atoms with E-state index in [0.29, 0.717) is 29.6 Å². The Bertz CT molecular complexity index is 934. The third-order valence-corrected chi connectivity index (χ3v) is 7.27. The number of rotatable bonds is 5. The number of piperidine rings is 2. The summed E-state index contributed by atoms with van der Waals surface area (Å²) in [6, 6.07) is 4.20. The van der Waals surface area contributed by atoms with Crippen LogP contribution < -0.4 is 5.32 Å². The number of hydrogen-bond acceptors (Lipinski definition) is 4. The Morgan fingerprint density at radius 2 is 1.78 bits per heavy atom. The molecule has 0 spiro atoms. The summed E-state index contributed by atoms with van der Waals surface area (Å²) in [4.78, 5) is 32.8. The molecule has 2 aromatic rings. The second kappa shape index (κ2) is 10.9. The highest BCUT2D eigenvalue weighted by molar-refractivity contribution is 6.35. The van der Waals surface area contributed by atoms with E-state index in [4.69, 9.17) is 11.6 Å². The molecule has 2 fully saturated rings. The molecule has 3 N–H and O–H groups in total.